The van der Waals surface area contributed by atoms with Gasteiger partial charge in [-0.25, -0.2) is 0 Å². The molecular formula is C13H19ClN2OS. The monoisotopic (exact) mass is 286 g/mol. The molecule has 0 heterocycles. The molecule has 0 radical (unpaired) electrons. The van der Waals surface area contributed by atoms with Crippen LogP contribution in [0.5, 0.6) is 0 Å². The lowest BCUT2D eigenvalue weighted by Gasteiger charge is -2.14. The first-order valence-electron chi connectivity index (χ1n) is 5.83. The summed E-state index contributed by atoms with van der Waals surface area (Å²) in [7, 11) is 3.97. The molecule has 0 aliphatic carbocycles. The Morgan fingerprint density at radius 1 is 1.39 bits per heavy atom. The number of hydrogen-bond donors (Lipinski definition) is 1. The second kappa shape index (κ2) is 7.67. The predicted octanol–water partition coefficient (Wildman–Crippen LogP) is 2.50. The molecule has 0 aliphatic rings. The molecule has 0 aromatic heterocycles. The van der Waals surface area contributed by atoms with Gasteiger partial charge in [0.2, 0.25) is 5.91 Å². The number of thioether (sulfide) groups is 1. The van der Waals surface area contributed by atoms with Gasteiger partial charge >= 0.3 is 0 Å². The number of carbonyl (C=O) groups excluding carboxylic acids is 1. The molecule has 1 aromatic carbocycles. The second-order valence-corrected chi connectivity index (χ2v) is 6.16. The zero-order chi connectivity index (χ0) is 13.5. The topological polar surface area (TPSA) is 32.3 Å². The molecule has 3 nitrogen and oxygen atoms in total. The van der Waals surface area contributed by atoms with E-state index in [1.165, 1.54) is 11.8 Å². The number of amides is 1. The summed E-state index contributed by atoms with van der Waals surface area (Å²) in [6, 6.07) is 7.52. The molecule has 0 spiro atoms. The van der Waals surface area contributed by atoms with E-state index in [4.69, 9.17) is 11.6 Å². The normalized spacial score (nSPS) is 12.5. The predicted molar refractivity (Wildman–Crippen MR) is 78.3 cm³/mol. The average molecular weight is 287 g/mol. The number of nitrogens with one attached hydrogen (secondary N) is 1. The first-order chi connectivity index (χ1) is 8.49. The van der Waals surface area contributed by atoms with E-state index in [9.17, 15) is 4.79 Å². The van der Waals surface area contributed by atoms with Gasteiger partial charge in [0.25, 0.3) is 0 Å². The van der Waals surface area contributed by atoms with Gasteiger partial charge in [0, 0.05) is 23.0 Å². The lowest BCUT2D eigenvalue weighted by molar-refractivity contribution is -0.120. The van der Waals surface area contributed by atoms with Gasteiger partial charge in [-0.3, -0.25) is 4.79 Å². The van der Waals surface area contributed by atoms with E-state index >= 15 is 0 Å². The molecule has 100 valence electrons. The van der Waals surface area contributed by atoms with Crippen LogP contribution >= 0.6 is 23.4 Å². The summed E-state index contributed by atoms with van der Waals surface area (Å²) in [6.45, 7) is 3.44. The highest BCUT2D eigenvalue weighted by molar-refractivity contribution is 8.00. The highest BCUT2D eigenvalue weighted by atomic mass is 35.5. The Balaban J connectivity index is 2.37. The van der Waals surface area contributed by atoms with Crippen LogP contribution in [0.25, 0.3) is 0 Å². The molecule has 1 rings (SSSR count). The third-order valence-electron chi connectivity index (χ3n) is 2.35. The molecule has 1 N–H and O–H groups in total. The fourth-order valence-corrected chi connectivity index (χ4v) is 2.34. The van der Waals surface area contributed by atoms with E-state index in [1.54, 1.807) is 0 Å². The van der Waals surface area contributed by atoms with Crippen LogP contribution in [0.1, 0.15) is 6.92 Å². The number of carbonyl (C=O) groups is 1. The van der Waals surface area contributed by atoms with Crippen molar-refractivity contribution in [2.75, 3.05) is 27.2 Å². The fraction of sp³-hybridized carbons (Fsp3) is 0.462. The first-order valence-corrected chi connectivity index (χ1v) is 7.09. The molecule has 1 aromatic rings. The SMILES string of the molecule is C[C@@H](Sc1ccc(Cl)cc1)C(=O)NCCN(C)C. The van der Waals surface area contributed by atoms with Crippen LogP contribution in [0.4, 0.5) is 0 Å². The summed E-state index contributed by atoms with van der Waals surface area (Å²) in [6.07, 6.45) is 0. The maximum absolute atomic E-state index is 11.8. The molecular weight excluding hydrogens is 268 g/mol. The summed E-state index contributed by atoms with van der Waals surface area (Å²) in [4.78, 5) is 14.9. The van der Waals surface area contributed by atoms with Gasteiger partial charge in [-0.15, -0.1) is 11.8 Å². The van der Waals surface area contributed by atoms with Crippen molar-refractivity contribution in [1.82, 2.24) is 10.2 Å². The summed E-state index contributed by atoms with van der Waals surface area (Å²) >= 11 is 7.35. The second-order valence-electron chi connectivity index (χ2n) is 4.31. The Labute approximate surface area is 118 Å². The fourth-order valence-electron chi connectivity index (χ4n) is 1.32. The van der Waals surface area contributed by atoms with Gasteiger partial charge in [0.05, 0.1) is 5.25 Å². The van der Waals surface area contributed by atoms with Crippen LogP contribution in [0.3, 0.4) is 0 Å². The lowest BCUT2D eigenvalue weighted by Crippen LogP contribution is -2.35. The van der Waals surface area contributed by atoms with E-state index in [-0.39, 0.29) is 11.2 Å². The minimum absolute atomic E-state index is 0.0665. The van der Waals surface area contributed by atoms with Crippen molar-refractivity contribution in [2.24, 2.45) is 0 Å². The molecule has 18 heavy (non-hydrogen) atoms. The Bertz CT molecular complexity index is 381. The summed E-state index contributed by atoms with van der Waals surface area (Å²) in [5.74, 6) is 0.0665. The highest BCUT2D eigenvalue weighted by Crippen LogP contribution is 2.24. The van der Waals surface area contributed by atoms with E-state index in [0.717, 1.165) is 11.4 Å². The van der Waals surface area contributed by atoms with Gasteiger partial charge in [-0.2, -0.15) is 0 Å². The van der Waals surface area contributed by atoms with Gasteiger partial charge in [-0.05, 0) is 45.3 Å². The number of benzene rings is 1. The molecule has 0 saturated carbocycles. The molecule has 0 aliphatic heterocycles. The van der Waals surface area contributed by atoms with Gasteiger partial charge in [0.1, 0.15) is 0 Å². The number of halogens is 1. The molecule has 0 bridgehead atoms. The van der Waals surface area contributed by atoms with E-state index in [1.807, 2.05) is 50.2 Å². The van der Waals surface area contributed by atoms with Crippen molar-refractivity contribution in [2.45, 2.75) is 17.1 Å². The largest absolute Gasteiger partial charge is 0.354 e. The molecule has 0 unspecified atom stereocenters. The summed E-state index contributed by atoms with van der Waals surface area (Å²) < 4.78 is 0. The standard InChI is InChI=1S/C13H19ClN2OS/c1-10(13(17)15-8-9-16(2)3)18-12-6-4-11(14)5-7-12/h4-7,10H,8-9H2,1-3H3,(H,15,17)/t10-/m1/s1. The van der Waals surface area contributed by atoms with Crippen LogP contribution in [0, 0.1) is 0 Å². The van der Waals surface area contributed by atoms with Crippen LogP contribution < -0.4 is 5.32 Å². The third-order valence-corrected chi connectivity index (χ3v) is 3.72. The van der Waals surface area contributed by atoms with Crippen LogP contribution in [0.15, 0.2) is 29.2 Å². The maximum Gasteiger partial charge on any atom is 0.233 e. The van der Waals surface area contributed by atoms with Crippen LogP contribution in [-0.4, -0.2) is 43.2 Å². The van der Waals surface area contributed by atoms with Crippen molar-refractivity contribution < 1.29 is 4.79 Å². The van der Waals surface area contributed by atoms with Crippen molar-refractivity contribution in [3.05, 3.63) is 29.3 Å². The minimum atomic E-state index is -0.103. The highest BCUT2D eigenvalue weighted by Gasteiger charge is 2.13. The van der Waals surface area contributed by atoms with E-state index in [2.05, 4.69) is 5.32 Å². The van der Waals surface area contributed by atoms with E-state index < -0.39 is 0 Å². The molecule has 5 heteroatoms. The number of likely N-dealkylation sites (N-methyl/N-ethyl adjacent to an activating group) is 1. The van der Waals surface area contributed by atoms with E-state index in [0.29, 0.717) is 11.6 Å². The average Bonchev–Trinajstić information content (AvgIpc) is 2.31. The summed E-state index contributed by atoms with van der Waals surface area (Å²) in [5, 5.41) is 3.53. The van der Waals surface area contributed by atoms with Crippen LogP contribution in [0.2, 0.25) is 5.02 Å². The number of nitrogens with zero attached hydrogens (tertiary/aromatic N) is 1. The quantitative estimate of drug-likeness (QED) is 0.816. The Morgan fingerprint density at radius 3 is 2.56 bits per heavy atom. The molecule has 0 saturated heterocycles. The van der Waals surface area contributed by atoms with Crippen molar-refractivity contribution in [3.8, 4) is 0 Å². The number of rotatable bonds is 6. The lowest BCUT2D eigenvalue weighted by atomic mass is 10.4. The first kappa shape index (κ1) is 15.3. The Morgan fingerprint density at radius 2 is 2.00 bits per heavy atom. The molecule has 0 fully saturated rings. The van der Waals surface area contributed by atoms with Crippen molar-refractivity contribution in [3.63, 3.8) is 0 Å². The van der Waals surface area contributed by atoms with Gasteiger partial charge in [-0.1, -0.05) is 11.6 Å². The van der Waals surface area contributed by atoms with Crippen molar-refractivity contribution >= 4 is 29.3 Å². The zero-order valence-corrected chi connectivity index (χ0v) is 12.5. The third kappa shape index (κ3) is 5.76. The van der Waals surface area contributed by atoms with Crippen LogP contribution in [-0.2, 0) is 4.79 Å². The Hall–Kier alpha value is -0.710. The smallest absolute Gasteiger partial charge is 0.233 e. The minimum Gasteiger partial charge on any atom is -0.354 e. The Kier molecular flexibility index (Phi) is 6.54. The molecule has 1 amide bonds. The maximum atomic E-state index is 11.8. The van der Waals surface area contributed by atoms with Crippen molar-refractivity contribution in [1.29, 1.82) is 0 Å². The molecule has 1 atom stereocenters. The van der Waals surface area contributed by atoms with Gasteiger partial charge < -0.3 is 10.2 Å². The summed E-state index contributed by atoms with van der Waals surface area (Å²) in [5.41, 5.74) is 0. The number of hydrogen-bond acceptors (Lipinski definition) is 3. The zero-order valence-electron chi connectivity index (χ0n) is 10.9. The van der Waals surface area contributed by atoms with Gasteiger partial charge in [0.15, 0.2) is 0 Å².